The van der Waals surface area contributed by atoms with Gasteiger partial charge in [-0.3, -0.25) is 4.79 Å². The zero-order chi connectivity index (χ0) is 21.7. The van der Waals surface area contributed by atoms with E-state index >= 15 is 0 Å². The Morgan fingerprint density at radius 1 is 1.00 bits per heavy atom. The molecule has 9 heteroatoms. The van der Waals surface area contributed by atoms with Crippen LogP contribution in [0.15, 0.2) is 36.7 Å². The maximum atomic E-state index is 11.6. The minimum atomic E-state index is -0.744. The molecule has 0 aliphatic heterocycles. The van der Waals surface area contributed by atoms with Gasteiger partial charge >= 0.3 is 5.97 Å². The molecule has 0 bridgehead atoms. The minimum Gasteiger partial charge on any atom is -0.495 e. The molecule has 2 aromatic carbocycles. The van der Waals surface area contributed by atoms with Crippen LogP contribution in [-0.4, -0.2) is 50.4 Å². The highest BCUT2D eigenvalue weighted by atomic mass is 16.5. The van der Waals surface area contributed by atoms with Crippen LogP contribution in [0.2, 0.25) is 0 Å². The Morgan fingerprint density at radius 3 is 2.37 bits per heavy atom. The van der Waals surface area contributed by atoms with Crippen molar-refractivity contribution in [3.05, 3.63) is 42.2 Å². The molecule has 0 saturated heterocycles. The van der Waals surface area contributed by atoms with Gasteiger partial charge in [0.15, 0.2) is 11.5 Å². The average Bonchev–Trinajstić information content (AvgIpc) is 2.78. The third-order valence-corrected chi connectivity index (χ3v) is 4.62. The summed E-state index contributed by atoms with van der Waals surface area (Å²) in [5, 5.41) is 4.03. The second kappa shape index (κ2) is 9.27. The molecule has 3 N–H and O–H groups in total. The van der Waals surface area contributed by atoms with Crippen molar-refractivity contribution in [2.24, 2.45) is 5.73 Å². The first-order valence-electron chi connectivity index (χ1n) is 9.14. The Balaban J connectivity index is 1.94. The lowest BCUT2D eigenvalue weighted by molar-refractivity contribution is -0.142. The number of fused-ring (bicyclic) bond motifs is 1. The molecule has 9 nitrogen and oxygen atoms in total. The molecule has 1 atom stereocenters. The van der Waals surface area contributed by atoms with Gasteiger partial charge in [0, 0.05) is 11.5 Å². The van der Waals surface area contributed by atoms with Crippen molar-refractivity contribution < 1.29 is 23.7 Å². The first-order valence-corrected chi connectivity index (χ1v) is 9.14. The zero-order valence-electron chi connectivity index (χ0n) is 17.3. The fourth-order valence-corrected chi connectivity index (χ4v) is 3.06. The van der Waals surface area contributed by atoms with Crippen molar-refractivity contribution in [2.45, 2.75) is 12.5 Å². The number of hydrogen-bond donors (Lipinski definition) is 2. The summed E-state index contributed by atoms with van der Waals surface area (Å²) in [6, 6.07) is 8.38. The molecule has 0 aliphatic rings. The summed E-state index contributed by atoms with van der Waals surface area (Å²) >= 11 is 0. The predicted molar refractivity (Wildman–Crippen MR) is 113 cm³/mol. The predicted octanol–water partition coefficient (Wildman–Crippen LogP) is 2.44. The second-order valence-corrected chi connectivity index (χ2v) is 6.44. The van der Waals surface area contributed by atoms with E-state index in [9.17, 15) is 4.79 Å². The number of nitrogens with one attached hydrogen (secondary N) is 1. The number of carbonyl (C=O) groups is 1. The van der Waals surface area contributed by atoms with Crippen LogP contribution in [0.5, 0.6) is 17.2 Å². The van der Waals surface area contributed by atoms with Gasteiger partial charge in [-0.25, -0.2) is 9.97 Å². The summed E-state index contributed by atoms with van der Waals surface area (Å²) in [5.41, 5.74) is 8.09. The quantitative estimate of drug-likeness (QED) is 0.538. The molecule has 3 aromatic rings. The molecule has 0 saturated carbocycles. The summed E-state index contributed by atoms with van der Waals surface area (Å²) in [4.78, 5) is 20.2. The van der Waals surface area contributed by atoms with Crippen LogP contribution in [-0.2, 0) is 16.0 Å². The van der Waals surface area contributed by atoms with Gasteiger partial charge in [0.25, 0.3) is 0 Å². The zero-order valence-corrected chi connectivity index (χ0v) is 17.3. The van der Waals surface area contributed by atoms with Gasteiger partial charge in [-0.2, -0.15) is 0 Å². The maximum absolute atomic E-state index is 11.6. The van der Waals surface area contributed by atoms with Gasteiger partial charge in [-0.05, 0) is 30.2 Å². The van der Waals surface area contributed by atoms with Crippen LogP contribution in [0.1, 0.15) is 5.56 Å². The van der Waals surface area contributed by atoms with Crippen LogP contribution >= 0.6 is 0 Å². The molecule has 30 heavy (non-hydrogen) atoms. The van der Waals surface area contributed by atoms with Crippen LogP contribution in [0.4, 0.5) is 11.5 Å². The molecule has 0 aliphatic carbocycles. The summed E-state index contributed by atoms with van der Waals surface area (Å²) in [7, 11) is 6.02. The van der Waals surface area contributed by atoms with E-state index in [1.807, 2.05) is 24.3 Å². The minimum absolute atomic E-state index is 0.330. The second-order valence-electron chi connectivity index (χ2n) is 6.44. The number of hydrogen-bond acceptors (Lipinski definition) is 9. The molecule has 0 radical (unpaired) electrons. The van der Waals surface area contributed by atoms with Crippen molar-refractivity contribution >= 4 is 28.4 Å². The van der Waals surface area contributed by atoms with Crippen molar-refractivity contribution in [1.29, 1.82) is 0 Å². The van der Waals surface area contributed by atoms with Crippen molar-refractivity contribution in [2.75, 3.05) is 33.8 Å². The van der Waals surface area contributed by atoms with Gasteiger partial charge in [-0.15, -0.1) is 0 Å². The fraction of sp³-hybridized carbons (Fsp3) is 0.286. The number of esters is 1. The van der Waals surface area contributed by atoms with E-state index in [-0.39, 0.29) is 0 Å². The van der Waals surface area contributed by atoms with Gasteiger partial charge in [0.1, 0.15) is 23.9 Å². The van der Waals surface area contributed by atoms with Crippen LogP contribution in [0, 0.1) is 0 Å². The summed E-state index contributed by atoms with van der Waals surface area (Å²) in [5.74, 6) is 1.85. The molecule has 0 fully saturated rings. The molecule has 158 valence electrons. The number of nitrogens with zero attached hydrogens (tertiary/aromatic N) is 2. The van der Waals surface area contributed by atoms with E-state index < -0.39 is 12.0 Å². The van der Waals surface area contributed by atoms with E-state index in [0.29, 0.717) is 40.7 Å². The number of methoxy groups -OCH3 is 4. The number of rotatable bonds is 8. The van der Waals surface area contributed by atoms with Gasteiger partial charge in [-0.1, -0.05) is 6.07 Å². The fourth-order valence-electron chi connectivity index (χ4n) is 3.06. The molecule has 1 unspecified atom stereocenters. The van der Waals surface area contributed by atoms with E-state index in [1.165, 1.54) is 13.4 Å². The van der Waals surface area contributed by atoms with E-state index in [0.717, 1.165) is 10.9 Å². The first kappa shape index (κ1) is 21.1. The number of benzene rings is 2. The topological polar surface area (TPSA) is 118 Å². The number of anilines is 2. The standard InChI is InChI=1S/C21H24N4O5/c1-27-17-8-12(7-14(22)21(26)30-4)5-6-15(17)25-20-13-9-18(28-2)19(29-3)10-16(13)23-11-24-20/h5-6,8-11,14H,7,22H2,1-4H3,(H,23,24,25). The Labute approximate surface area is 174 Å². The molecule has 1 heterocycles. The van der Waals surface area contributed by atoms with E-state index in [2.05, 4.69) is 20.0 Å². The Kier molecular flexibility index (Phi) is 6.53. The third kappa shape index (κ3) is 4.36. The molecule has 3 rings (SSSR count). The molecule has 0 spiro atoms. The number of carbonyl (C=O) groups excluding carboxylic acids is 1. The lowest BCUT2D eigenvalue weighted by Gasteiger charge is -2.15. The van der Waals surface area contributed by atoms with E-state index in [4.69, 9.17) is 19.9 Å². The lowest BCUT2D eigenvalue weighted by Crippen LogP contribution is -2.33. The van der Waals surface area contributed by atoms with Crippen LogP contribution in [0.25, 0.3) is 10.9 Å². The van der Waals surface area contributed by atoms with Crippen LogP contribution in [0.3, 0.4) is 0 Å². The number of ether oxygens (including phenoxy) is 4. The highest BCUT2D eigenvalue weighted by Crippen LogP contribution is 2.36. The smallest absolute Gasteiger partial charge is 0.322 e. The molecule has 0 amide bonds. The largest absolute Gasteiger partial charge is 0.495 e. The first-order chi connectivity index (χ1) is 14.5. The molecule has 1 aromatic heterocycles. The molecular weight excluding hydrogens is 388 g/mol. The molecular formula is C21H24N4O5. The van der Waals surface area contributed by atoms with E-state index in [1.54, 1.807) is 27.4 Å². The Morgan fingerprint density at radius 2 is 1.70 bits per heavy atom. The van der Waals surface area contributed by atoms with Gasteiger partial charge in [0.2, 0.25) is 0 Å². The Hall–Kier alpha value is -3.59. The maximum Gasteiger partial charge on any atom is 0.322 e. The summed E-state index contributed by atoms with van der Waals surface area (Å²) in [6.45, 7) is 0. The van der Waals surface area contributed by atoms with Crippen molar-refractivity contribution in [3.8, 4) is 17.2 Å². The number of aromatic nitrogens is 2. The Bertz CT molecular complexity index is 1060. The van der Waals surface area contributed by atoms with Crippen LogP contribution < -0.4 is 25.3 Å². The average molecular weight is 412 g/mol. The monoisotopic (exact) mass is 412 g/mol. The van der Waals surface area contributed by atoms with Crippen molar-refractivity contribution in [1.82, 2.24) is 9.97 Å². The van der Waals surface area contributed by atoms with Gasteiger partial charge < -0.3 is 30.0 Å². The third-order valence-electron chi connectivity index (χ3n) is 4.62. The highest BCUT2D eigenvalue weighted by Gasteiger charge is 2.16. The lowest BCUT2D eigenvalue weighted by atomic mass is 10.1. The highest BCUT2D eigenvalue weighted by molar-refractivity contribution is 5.93. The van der Waals surface area contributed by atoms with Crippen molar-refractivity contribution in [3.63, 3.8) is 0 Å². The summed E-state index contributed by atoms with van der Waals surface area (Å²) < 4.78 is 20.9. The van der Waals surface area contributed by atoms with Gasteiger partial charge in [0.05, 0.1) is 39.6 Å². The SMILES string of the molecule is COC(=O)C(N)Cc1ccc(Nc2ncnc3cc(OC)c(OC)cc23)c(OC)c1. The normalized spacial score (nSPS) is 11.6. The number of nitrogens with two attached hydrogens (primary N) is 1. The summed E-state index contributed by atoms with van der Waals surface area (Å²) in [6.07, 6.45) is 1.80.